The van der Waals surface area contributed by atoms with Gasteiger partial charge in [0.25, 0.3) is 6.47 Å². The summed E-state index contributed by atoms with van der Waals surface area (Å²) < 4.78 is 5.27. The molecule has 1 saturated carbocycles. The Kier molecular flexibility index (Phi) is 2.45. The lowest BCUT2D eigenvalue weighted by Gasteiger charge is -2.39. The SMILES string of the molecule is CC(C)(C)C1(OC=O)CCCC1. The van der Waals surface area contributed by atoms with E-state index in [0.717, 1.165) is 12.8 Å². The van der Waals surface area contributed by atoms with E-state index in [1.165, 1.54) is 12.8 Å². The van der Waals surface area contributed by atoms with E-state index >= 15 is 0 Å². The van der Waals surface area contributed by atoms with Crippen LogP contribution >= 0.6 is 0 Å². The fraction of sp³-hybridized carbons (Fsp3) is 0.900. The molecule has 1 fully saturated rings. The number of carbonyl (C=O) groups is 1. The van der Waals surface area contributed by atoms with E-state index in [9.17, 15) is 4.79 Å². The lowest BCUT2D eigenvalue weighted by atomic mass is 9.75. The molecule has 70 valence electrons. The summed E-state index contributed by atoms with van der Waals surface area (Å²) in [6.07, 6.45) is 4.42. The van der Waals surface area contributed by atoms with Crippen molar-refractivity contribution in [3.8, 4) is 0 Å². The topological polar surface area (TPSA) is 26.3 Å². The van der Waals surface area contributed by atoms with Crippen LogP contribution in [0.5, 0.6) is 0 Å². The van der Waals surface area contributed by atoms with Crippen molar-refractivity contribution in [2.75, 3.05) is 0 Å². The van der Waals surface area contributed by atoms with E-state index in [0.29, 0.717) is 6.47 Å². The van der Waals surface area contributed by atoms with Gasteiger partial charge >= 0.3 is 0 Å². The molecule has 0 aliphatic heterocycles. The van der Waals surface area contributed by atoms with Crippen LogP contribution in [0.2, 0.25) is 0 Å². The fourth-order valence-corrected chi connectivity index (χ4v) is 2.08. The molecule has 0 heterocycles. The Bertz CT molecular complexity index is 161. The zero-order valence-electron chi connectivity index (χ0n) is 8.22. The maximum absolute atomic E-state index is 10.4. The first kappa shape index (κ1) is 9.56. The lowest BCUT2D eigenvalue weighted by molar-refractivity contribution is -0.156. The molecule has 2 heteroatoms. The van der Waals surface area contributed by atoms with E-state index < -0.39 is 0 Å². The standard InChI is InChI=1S/C10H18O2/c1-9(2,3)10(12-8-11)6-4-5-7-10/h8H,4-7H2,1-3H3. The minimum Gasteiger partial charge on any atom is -0.461 e. The molecule has 12 heavy (non-hydrogen) atoms. The predicted octanol–water partition coefficient (Wildman–Crippen LogP) is 2.52. The van der Waals surface area contributed by atoms with Crippen molar-refractivity contribution < 1.29 is 9.53 Å². The second-order valence-corrected chi connectivity index (χ2v) is 4.67. The van der Waals surface area contributed by atoms with E-state index in [1.807, 2.05) is 0 Å². The molecular formula is C10H18O2. The quantitative estimate of drug-likeness (QED) is 0.595. The third-order valence-electron chi connectivity index (χ3n) is 3.05. The van der Waals surface area contributed by atoms with Crippen molar-refractivity contribution in [3.05, 3.63) is 0 Å². The number of hydrogen-bond acceptors (Lipinski definition) is 2. The van der Waals surface area contributed by atoms with Gasteiger partial charge in [0.1, 0.15) is 5.60 Å². The maximum Gasteiger partial charge on any atom is 0.293 e. The van der Waals surface area contributed by atoms with Crippen molar-refractivity contribution in [3.63, 3.8) is 0 Å². The molecule has 0 aromatic rings. The zero-order chi connectivity index (χ0) is 9.24. The van der Waals surface area contributed by atoms with Gasteiger partial charge < -0.3 is 4.74 Å². The van der Waals surface area contributed by atoms with Gasteiger partial charge in [-0.25, -0.2) is 0 Å². The molecule has 0 spiro atoms. The average molecular weight is 170 g/mol. The minimum absolute atomic E-state index is 0.0738. The van der Waals surface area contributed by atoms with Gasteiger partial charge in [-0.1, -0.05) is 20.8 Å². The summed E-state index contributed by atoms with van der Waals surface area (Å²) in [5.74, 6) is 0. The van der Waals surface area contributed by atoms with E-state index in [-0.39, 0.29) is 11.0 Å². The molecule has 0 amide bonds. The number of carbonyl (C=O) groups excluding carboxylic acids is 1. The third-order valence-corrected chi connectivity index (χ3v) is 3.05. The van der Waals surface area contributed by atoms with Crippen LogP contribution in [-0.2, 0) is 9.53 Å². The molecular weight excluding hydrogens is 152 g/mol. The Balaban J connectivity index is 2.78. The highest BCUT2D eigenvalue weighted by Gasteiger charge is 2.45. The molecule has 0 unspecified atom stereocenters. The normalized spacial score (nSPS) is 22.2. The molecule has 1 aliphatic carbocycles. The predicted molar refractivity (Wildman–Crippen MR) is 47.8 cm³/mol. The smallest absolute Gasteiger partial charge is 0.293 e. The number of ether oxygens (including phenoxy) is 1. The first-order valence-electron chi connectivity index (χ1n) is 4.63. The number of hydrogen-bond donors (Lipinski definition) is 0. The summed E-state index contributed by atoms with van der Waals surface area (Å²) in [7, 11) is 0. The third kappa shape index (κ3) is 1.47. The van der Waals surface area contributed by atoms with Crippen LogP contribution in [0.15, 0.2) is 0 Å². The zero-order valence-corrected chi connectivity index (χ0v) is 8.22. The van der Waals surface area contributed by atoms with Crippen molar-refractivity contribution in [2.45, 2.75) is 52.1 Å². The van der Waals surface area contributed by atoms with Gasteiger partial charge in [0.05, 0.1) is 0 Å². The Labute approximate surface area is 74.3 Å². The Hall–Kier alpha value is -0.530. The van der Waals surface area contributed by atoms with Gasteiger partial charge in [-0.15, -0.1) is 0 Å². The van der Waals surface area contributed by atoms with Crippen molar-refractivity contribution in [1.82, 2.24) is 0 Å². The summed E-state index contributed by atoms with van der Waals surface area (Å²) in [6, 6.07) is 0. The highest BCUT2D eigenvalue weighted by atomic mass is 16.5. The minimum atomic E-state index is -0.186. The van der Waals surface area contributed by atoms with Gasteiger partial charge in [-0.05, 0) is 25.7 Å². The molecule has 1 rings (SSSR count). The molecule has 0 N–H and O–H groups in total. The molecule has 0 atom stereocenters. The molecule has 0 bridgehead atoms. The fourth-order valence-electron chi connectivity index (χ4n) is 2.08. The van der Waals surface area contributed by atoms with Gasteiger partial charge in [0.15, 0.2) is 0 Å². The average Bonchev–Trinajstić information content (AvgIpc) is 2.36. The summed E-state index contributed by atoms with van der Waals surface area (Å²) in [5, 5.41) is 0. The Morgan fingerprint density at radius 3 is 2.08 bits per heavy atom. The lowest BCUT2D eigenvalue weighted by Crippen LogP contribution is -2.42. The van der Waals surface area contributed by atoms with Crippen molar-refractivity contribution in [2.24, 2.45) is 5.41 Å². The Morgan fingerprint density at radius 1 is 1.25 bits per heavy atom. The largest absolute Gasteiger partial charge is 0.461 e. The van der Waals surface area contributed by atoms with Crippen molar-refractivity contribution >= 4 is 6.47 Å². The monoisotopic (exact) mass is 170 g/mol. The summed E-state index contributed by atoms with van der Waals surface area (Å²) >= 11 is 0. The molecule has 1 aliphatic rings. The van der Waals surface area contributed by atoms with Crippen LogP contribution in [0.25, 0.3) is 0 Å². The second kappa shape index (κ2) is 3.08. The summed E-state index contributed by atoms with van der Waals surface area (Å²) in [6.45, 7) is 7.03. The molecule has 0 saturated heterocycles. The number of rotatable bonds is 2. The first-order chi connectivity index (χ1) is 5.52. The summed E-state index contributed by atoms with van der Waals surface area (Å²) in [5.41, 5.74) is -0.112. The van der Waals surface area contributed by atoms with Crippen LogP contribution in [-0.4, -0.2) is 12.1 Å². The van der Waals surface area contributed by atoms with Crippen LogP contribution in [0.3, 0.4) is 0 Å². The van der Waals surface area contributed by atoms with Crippen molar-refractivity contribution in [1.29, 1.82) is 0 Å². The molecule has 0 aromatic heterocycles. The van der Waals surface area contributed by atoms with Crippen LogP contribution in [0, 0.1) is 5.41 Å². The summed E-state index contributed by atoms with van der Waals surface area (Å²) in [4.78, 5) is 10.4. The highest BCUT2D eigenvalue weighted by Crippen LogP contribution is 2.45. The first-order valence-corrected chi connectivity index (χ1v) is 4.63. The van der Waals surface area contributed by atoms with Gasteiger partial charge in [-0.2, -0.15) is 0 Å². The second-order valence-electron chi connectivity index (χ2n) is 4.67. The van der Waals surface area contributed by atoms with E-state index in [4.69, 9.17) is 4.74 Å². The van der Waals surface area contributed by atoms with Gasteiger partial charge in [0, 0.05) is 5.41 Å². The molecule has 0 aromatic carbocycles. The maximum atomic E-state index is 10.4. The van der Waals surface area contributed by atoms with E-state index in [1.54, 1.807) is 0 Å². The van der Waals surface area contributed by atoms with Gasteiger partial charge in [-0.3, -0.25) is 4.79 Å². The van der Waals surface area contributed by atoms with Gasteiger partial charge in [0.2, 0.25) is 0 Å². The van der Waals surface area contributed by atoms with Crippen LogP contribution < -0.4 is 0 Å². The molecule has 0 radical (unpaired) electrons. The molecule has 2 nitrogen and oxygen atoms in total. The highest BCUT2D eigenvalue weighted by molar-refractivity contribution is 5.39. The van der Waals surface area contributed by atoms with Crippen LogP contribution in [0.1, 0.15) is 46.5 Å². The Morgan fingerprint density at radius 2 is 1.75 bits per heavy atom. The van der Waals surface area contributed by atoms with E-state index in [2.05, 4.69) is 20.8 Å². The van der Waals surface area contributed by atoms with Crippen LogP contribution in [0.4, 0.5) is 0 Å².